The van der Waals surface area contributed by atoms with Gasteiger partial charge in [-0.3, -0.25) is 14.8 Å². The summed E-state index contributed by atoms with van der Waals surface area (Å²) in [6, 6.07) is 8.38. The third kappa shape index (κ3) is 8.56. The molecule has 2 heterocycles. The van der Waals surface area contributed by atoms with E-state index in [9.17, 15) is 13.2 Å². The lowest BCUT2D eigenvalue weighted by Gasteiger charge is -2.26. The molecular formula is C20H31F3IN5O. The van der Waals surface area contributed by atoms with Gasteiger partial charge in [0.15, 0.2) is 5.96 Å². The Morgan fingerprint density at radius 1 is 1.17 bits per heavy atom. The first-order chi connectivity index (χ1) is 13.9. The summed E-state index contributed by atoms with van der Waals surface area (Å²) in [6.45, 7) is 4.93. The number of nitrogens with one attached hydrogen (secondary N) is 2. The zero-order chi connectivity index (χ0) is 20.7. The first kappa shape index (κ1) is 25.2. The summed E-state index contributed by atoms with van der Waals surface area (Å²) in [5.74, 6) is 0.613. The Balaban J connectivity index is 0.00000320. The van der Waals surface area contributed by atoms with Gasteiger partial charge in [0.2, 0.25) is 0 Å². The first-order valence-corrected chi connectivity index (χ1v) is 10.1. The number of hydrogen-bond donors (Lipinski definition) is 2. The van der Waals surface area contributed by atoms with E-state index in [1.165, 1.54) is 10.5 Å². The second kappa shape index (κ2) is 12.1. The molecule has 30 heavy (non-hydrogen) atoms. The number of likely N-dealkylation sites (tertiary alicyclic amines) is 1. The van der Waals surface area contributed by atoms with Gasteiger partial charge in [0.05, 0.1) is 19.8 Å². The molecule has 2 saturated heterocycles. The number of rotatable bonds is 6. The van der Waals surface area contributed by atoms with E-state index in [0.717, 1.165) is 38.4 Å². The molecule has 2 aliphatic rings. The number of guanidine groups is 1. The van der Waals surface area contributed by atoms with E-state index in [1.54, 1.807) is 7.05 Å². The van der Waals surface area contributed by atoms with Crippen molar-refractivity contribution in [3.05, 3.63) is 35.4 Å². The number of hydrogen-bond acceptors (Lipinski definition) is 4. The minimum Gasteiger partial charge on any atom is -0.379 e. The second-order valence-corrected chi connectivity index (χ2v) is 7.61. The van der Waals surface area contributed by atoms with Gasteiger partial charge in [0.25, 0.3) is 0 Å². The predicted molar refractivity (Wildman–Crippen MR) is 122 cm³/mol. The number of aliphatic imine (C=N–C) groups is 1. The molecule has 3 rings (SSSR count). The SMILES string of the molecule is CN=C(NCc1cccc(CN2CCOCC2)c1)NC1CCN(CC(F)(F)F)C1.I. The molecule has 0 aliphatic carbocycles. The van der Waals surface area contributed by atoms with E-state index in [-0.39, 0.29) is 30.0 Å². The van der Waals surface area contributed by atoms with Crippen LogP contribution in [0.4, 0.5) is 13.2 Å². The molecule has 0 saturated carbocycles. The quantitative estimate of drug-likeness (QED) is 0.330. The largest absolute Gasteiger partial charge is 0.401 e. The van der Waals surface area contributed by atoms with Crippen LogP contribution in [0.15, 0.2) is 29.3 Å². The third-order valence-electron chi connectivity index (χ3n) is 5.20. The molecule has 2 aliphatic heterocycles. The maximum Gasteiger partial charge on any atom is 0.401 e. The van der Waals surface area contributed by atoms with Crippen molar-refractivity contribution in [2.24, 2.45) is 4.99 Å². The van der Waals surface area contributed by atoms with Crippen molar-refractivity contribution in [2.45, 2.75) is 31.7 Å². The van der Waals surface area contributed by atoms with Crippen LogP contribution < -0.4 is 10.6 Å². The smallest absolute Gasteiger partial charge is 0.379 e. The first-order valence-electron chi connectivity index (χ1n) is 10.1. The second-order valence-electron chi connectivity index (χ2n) is 7.61. The van der Waals surface area contributed by atoms with Crippen molar-refractivity contribution in [2.75, 3.05) is 53.0 Å². The van der Waals surface area contributed by atoms with Gasteiger partial charge in [-0.25, -0.2) is 0 Å². The van der Waals surface area contributed by atoms with E-state index in [0.29, 0.717) is 32.0 Å². The number of alkyl halides is 3. The highest BCUT2D eigenvalue weighted by Crippen LogP contribution is 2.20. The third-order valence-corrected chi connectivity index (χ3v) is 5.20. The van der Waals surface area contributed by atoms with Crippen LogP contribution in [0.5, 0.6) is 0 Å². The van der Waals surface area contributed by atoms with Crippen LogP contribution in [0.3, 0.4) is 0 Å². The summed E-state index contributed by atoms with van der Waals surface area (Å²) in [5, 5.41) is 6.51. The molecule has 170 valence electrons. The lowest BCUT2D eigenvalue weighted by Crippen LogP contribution is -2.44. The van der Waals surface area contributed by atoms with Gasteiger partial charge in [0, 0.05) is 52.4 Å². The van der Waals surface area contributed by atoms with Crippen LogP contribution in [0.25, 0.3) is 0 Å². The summed E-state index contributed by atoms with van der Waals surface area (Å²) in [4.78, 5) is 8.02. The Labute approximate surface area is 193 Å². The van der Waals surface area contributed by atoms with Gasteiger partial charge in [-0.2, -0.15) is 13.2 Å². The fourth-order valence-corrected chi connectivity index (χ4v) is 3.78. The van der Waals surface area contributed by atoms with Gasteiger partial charge in [-0.05, 0) is 17.5 Å². The molecule has 6 nitrogen and oxygen atoms in total. The summed E-state index contributed by atoms with van der Waals surface area (Å²) in [5.41, 5.74) is 2.40. The molecule has 0 bridgehead atoms. The zero-order valence-electron chi connectivity index (χ0n) is 17.2. The van der Waals surface area contributed by atoms with Gasteiger partial charge in [-0.15, -0.1) is 24.0 Å². The van der Waals surface area contributed by atoms with Gasteiger partial charge in [0.1, 0.15) is 0 Å². The number of nitrogens with zero attached hydrogens (tertiary/aromatic N) is 3. The van der Waals surface area contributed by atoms with Crippen LogP contribution in [0, 0.1) is 0 Å². The molecular weight excluding hydrogens is 510 g/mol. The average Bonchev–Trinajstić information content (AvgIpc) is 3.11. The Hall–Kier alpha value is -1.11. The highest BCUT2D eigenvalue weighted by atomic mass is 127. The summed E-state index contributed by atoms with van der Waals surface area (Å²) in [7, 11) is 1.67. The van der Waals surface area contributed by atoms with Crippen molar-refractivity contribution >= 4 is 29.9 Å². The lowest BCUT2D eigenvalue weighted by molar-refractivity contribution is -0.143. The van der Waals surface area contributed by atoms with Gasteiger partial charge >= 0.3 is 6.18 Å². The summed E-state index contributed by atoms with van der Waals surface area (Å²) < 4.78 is 43.0. The van der Waals surface area contributed by atoms with Gasteiger partial charge in [-0.1, -0.05) is 24.3 Å². The zero-order valence-corrected chi connectivity index (χ0v) is 19.6. The molecule has 0 radical (unpaired) electrons. The van der Waals surface area contributed by atoms with Crippen molar-refractivity contribution in [1.29, 1.82) is 0 Å². The summed E-state index contributed by atoms with van der Waals surface area (Å²) in [6.07, 6.45) is -3.48. The Morgan fingerprint density at radius 3 is 2.60 bits per heavy atom. The fraction of sp³-hybridized carbons (Fsp3) is 0.650. The molecule has 1 unspecified atom stereocenters. The van der Waals surface area contributed by atoms with Crippen LogP contribution in [-0.2, 0) is 17.8 Å². The normalized spacial score (nSPS) is 21.3. The molecule has 0 spiro atoms. The molecule has 0 aromatic heterocycles. The lowest BCUT2D eigenvalue weighted by atomic mass is 10.1. The van der Waals surface area contributed by atoms with Crippen molar-refractivity contribution in [1.82, 2.24) is 20.4 Å². The minimum atomic E-state index is -4.15. The van der Waals surface area contributed by atoms with Gasteiger partial charge < -0.3 is 15.4 Å². The molecule has 0 amide bonds. The fourth-order valence-electron chi connectivity index (χ4n) is 3.78. The molecule has 2 N–H and O–H groups in total. The topological polar surface area (TPSA) is 52.1 Å². The Kier molecular flexibility index (Phi) is 10.1. The van der Waals surface area contributed by atoms with E-state index in [4.69, 9.17) is 4.74 Å². The average molecular weight is 541 g/mol. The van der Waals surface area contributed by atoms with Crippen molar-refractivity contribution in [3.8, 4) is 0 Å². The monoisotopic (exact) mass is 541 g/mol. The van der Waals surface area contributed by atoms with Crippen LogP contribution >= 0.6 is 24.0 Å². The highest BCUT2D eigenvalue weighted by molar-refractivity contribution is 14.0. The van der Waals surface area contributed by atoms with Crippen LogP contribution in [0.1, 0.15) is 17.5 Å². The molecule has 1 aromatic rings. The number of morpholine rings is 1. The Bertz CT molecular complexity index is 683. The van der Waals surface area contributed by atoms with Crippen molar-refractivity contribution in [3.63, 3.8) is 0 Å². The predicted octanol–water partition coefficient (Wildman–Crippen LogP) is 2.44. The van der Waals surface area contributed by atoms with Crippen molar-refractivity contribution < 1.29 is 17.9 Å². The Morgan fingerprint density at radius 2 is 1.90 bits per heavy atom. The van der Waals surface area contributed by atoms with Crippen LogP contribution in [0.2, 0.25) is 0 Å². The number of benzene rings is 1. The van der Waals surface area contributed by atoms with E-state index in [2.05, 4.69) is 44.8 Å². The van der Waals surface area contributed by atoms with E-state index >= 15 is 0 Å². The molecule has 1 aromatic carbocycles. The van der Waals surface area contributed by atoms with E-state index < -0.39 is 12.7 Å². The molecule has 10 heteroatoms. The molecule has 2 fully saturated rings. The maximum atomic E-state index is 12.5. The highest BCUT2D eigenvalue weighted by Gasteiger charge is 2.34. The number of halogens is 4. The standard InChI is InChI=1S/C20H30F3N5O.HI/c1-24-19(26-18-5-6-28(14-18)15-20(21,22)23)25-12-16-3-2-4-17(11-16)13-27-7-9-29-10-8-27;/h2-4,11,18H,5-10,12-15H2,1H3,(H2,24,25,26);1H. The maximum absolute atomic E-state index is 12.5. The molecule has 1 atom stereocenters. The van der Waals surface area contributed by atoms with E-state index in [1.807, 2.05) is 0 Å². The number of ether oxygens (including phenoxy) is 1. The van der Waals surface area contributed by atoms with Crippen LogP contribution in [-0.4, -0.2) is 81.0 Å². The summed E-state index contributed by atoms with van der Waals surface area (Å²) >= 11 is 0. The minimum absolute atomic E-state index is 0.